The van der Waals surface area contributed by atoms with E-state index in [1.807, 2.05) is 24.3 Å². The number of nitrogens with one attached hydrogen (secondary N) is 1. The molecule has 138 valence electrons. The standard InChI is InChI=1S/C22H27ClN2O/c1-2-18-5-3-4-6-19(18)16-25(21-11-13-24-14-12-21)22(26)15-17-7-9-20(23)10-8-17/h3-10,21,24H,2,11-16H2,1H3. The molecule has 0 radical (unpaired) electrons. The highest BCUT2D eigenvalue weighted by Gasteiger charge is 2.26. The zero-order chi connectivity index (χ0) is 18.4. The van der Waals surface area contributed by atoms with E-state index >= 15 is 0 Å². The van der Waals surface area contributed by atoms with Gasteiger partial charge in [0.2, 0.25) is 5.91 Å². The Bertz CT molecular complexity index is 723. The summed E-state index contributed by atoms with van der Waals surface area (Å²) in [5.41, 5.74) is 3.60. The number of halogens is 1. The molecule has 1 heterocycles. The van der Waals surface area contributed by atoms with Gasteiger partial charge in [-0.05, 0) is 61.2 Å². The second kappa shape index (κ2) is 9.20. The molecule has 1 N–H and O–H groups in total. The minimum atomic E-state index is 0.199. The Morgan fingerprint density at radius 1 is 1.08 bits per heavy atom. The van der Waals surface area contributed by atoms with Gasteiger partial charge in [-0.3, -0.25) is 4.79 Å². The predicted molar refractivity (Wildman–Crippen MR) is 107 cm³/mol. The Balaban J connectivity index is 1.80. The third kappa shape index (κ3) is 4.87. The van der Waals surface area contributed by atoms with Crippen LogP contribution in [0.2, 0.25) is 5.02 Å². The first-order valence-corrected chi connectivity index (χ1v) is 9.86. The zero-order valence-corrected chi connectivity index (χ0v) is 16.1. The Labute approximate surface area is 161 Å². The van der Waals surface area contributed by atoms with Crippen molar-refractivity contribution in [3.8, 4) is 0 Å². The van der Waals surface area contributed by atoms with Crippen LogP contribution < -0.4 is 5.32 Å². The molecule has 0 atom stereocenters. The molecule has 2 aromatic rings. The quantitative estimate of drug-likeness (QED) is 0.825. The lowest BCUT2D eigenvalue weighted by Crippen LogP contribution is -2.46. The highest BCUT2D eigenvalue weighted by Crippen LogP contribution is 2.20. The number of piperidine rings is 1. The second-order valence-electron chi connectivity index (χ2n) is 6.93. The molecule has 1 aliphatic rings. The number of hydrogen-bond donors (Lipinski definition) is 1. The third-order valence-electron chi connectivity index (χ3n) is 5.18. The summed E-state index contributed by atoms with van der Waals surface area (Å²) >= 11 is 5.97. The normalized spacial score (nSPS) is 15.0. The maximum atomic E-state index is 13.2. The fraction of sp³-hybridized carbons (Fsp3) is 0.409. The average molecular weight is 371 g/mol. The number of carbonyl (C=O) groups is 1. The number of nitrogens with zero attached hydrogens (tertiary/aromatic N) is 1. The van der Waals surface area contributed by atoms with Gasteiger partial charge in [0.15, 0.2) is 0 Å². The van der Waals surface area contributed by atoms with Gasteiger partial charge in [0.1, 0.15) is 0 Å². The maximum Gasteiger partial charge on any atom is 0.227 e. The van der Waals surface area contributed by atoms with Gasteiger partial charge in [-0.2, -0.15) is 0 Å². The van der Waals surface area contributed by atoms with Crippen molar-refractivity contribution in [2.45, 2.75) is 45.2 Å². The summed E-state index contributed by atoms with van der Waals surface area (Å²) in [5.74, 6) is 0.199. The van der Waals surface area contributed by atoms with E-state index < -0.39 is 0 Å². The summed E-state index contributed by atoms with van der Waals surface area (Å²) in [6.45, 7) is 4.82. The molecule has 1 aliphatic heterocycles. The number of carbonyl (C=O) groups excluding carboxylic acids is 1. The molecule has 3 rings (SSSR count). The molecule has 0 saturated carbocycles. The van der Waals surface area contributed by atoms with Gasteiger partial charge < -0.3 is 10.2 Å². The molecule has 4 heteroatoms. The first-order valence-electron chi connectivity index (χ1n) is 9.48. The Morgan fingerprint density at radius 2 is 1.73 bits per heavy atom. The van der Waals surface area contributed by atoms with Crippen LogP contribution in [0.5, 0.6) is 0 Å². The summed E-state index contributed by atoms with van der Waals surface area (Å²) in [4.78, 5) is 15.3. The van der Waals surface area contributed by atoms with E-state index in [-0.39, 0.29) is 5.91 Å². The summed E-state index contributed by atoms with van der Waals surface area (Å²) in [6.07, 6.45) is 3.44. The number of hydrogen-bond acceptors (Lipinski definition) is 2. The van der Waals surface area contributed by atoms with Gasteiger partial charge in [-0.1, -0.05) is 54.9 Å². The molecule has 26 heavy (non-hydrogen) atoms. The topological polar surface area (TPSA) is 32.3 Å². The van der Waals surface area contributed by atoms with Crippen molar-refractivity contribution in [2.75, 3.05) is 13.1 Å². The molecular weight excluding hydrogens is 344 g/mol. The van der Waals surface area contributed by atoms with Crippen molar-refractivity contribution in [1.82, 2.24) is 10.2 Å². The lowest BCUT2D eigenvalue weighted by atomic mass is 9.99. The predicted octanol–water partition coefficient (Wildman–Crippen LogP) is 4.23. The van der Waals surface area contributed by atoms with Crippen LogP contribution in [-0.2, 0) is 24.2 Å². The molecule has 0 spiro atoms. The van der Waals surface area contributed by atoms with E-state index in [9.17, 15) is 4.79 Å². The van der Waals surface area contributed by atoms with Gasteiger partial charge in [0, 0.05) is 17.6 Å². The van der Waals surface area contributed by atoms with Crippen LogP contribution in [0.15, 0.2) is 48.5 Å². The summed E-state index contributed by atoms with van der Waals surface area (Å²) in [6, 6.07) is 16.4. The first kappa shape index (κ1) is 18.9. The molecule has 1 amide bonds. The van der Waals surface area contributed by atoms with Crippen molar-refractivity contribution in [3.63, 3.8) is 0 Å². The van der Waals surface area contributed by atoms with E-state index in [1.165, 1.54) is 11.1 Å². The van der Waals surface area contributed by atoms with Crippen molar-refractivity contribution in [1.29, 1.82) is 0 Å². The van der Waals surface area contributed by atoms with Crippen molar-refractivity contribution < 1.29 is 4.79 Å². The van der Waals surface area contributed by atoms with Crippen LogP contribution in [0.3, 0.4) is 0 Å². The van der Waals surface area contributed by atoms with Gasteiger partial charge in [0.25, 0.3) is 0 Å². The van der Waals surface area contributed by atoms with E-state index in [4.69, 9.17) is 11.6 Å². The maximum absolute atomic E-state index is 13.2. The van der Waals surface area contributed by atoms with Gasteiger partial charge in [-0.25, -0.2) is 0 Å². The van der Waals surface area contributed by atoms with Crippen LogP contribution in [0, 0.1) is 0 Å². The number of rotatable bonds is 6. The lowest BCUT2D eigenvalue weighted by Gasteiger charge is -2.35. The van der Waals surface area contributed by atoms with Crippen LogP contribution in [0.1, 0.15) is 36.5 Å². The largest absolute Gasteiger partial charge is 0.335 e. The van der Waals surface area contributed by atoms with E-state index in [1.54, 1.807) is 0 Å². The molecule has 1 saturated heterocycles. The number of benzene rings is 2. The summed E-state index contributed by atoms with van der Waals surface area (Å²) < 4.78 is 0. The monoisotopic (exact) mass is 370 g/mol. The highest BCUT2D eigenvalue weighted by atomic mass is 35.5. The van der Waals surface area contributed by atoms with Gasteiger partial charge >= 0.3 is 0 Å². The van der Waals surface area contributed by atoms with Crippen LogP contribution in [-0.4, -0.2) is 29.9 Å². The van der Waals surface area contributed by atoms with Crippen molar-refractivity contribution >= 4 is 17.5 Å². The smallest absolute Gasteiger partial charge is 0.227 e. The van der Waals surface area contributed by atoms with Crippen molar-refractivity contribution in [2.24, 2.45) is 0 Å². The van der Waals surface area contributed by atoms with Crippen LogP contribution >= 0.6 is 11.6 Å². The van der Waals surface area contributed by atoms with Gasteiger partial charge in [-0.15, -0.1) is 0 Å². The lowest BCUT2D eigenvalue weighted by molar-refractivity contribution is -0.134. The molecule has 3 nitrogen and oxygen atoms in total. The van der Waals surface area contributed by atoms with E-state index in [2.05, 4.69) is 41.4 Å². The highest BCUT2D eigenvalue weighted by molar-refractivity contribution is 6.30. The number of aryl methyl sites for hydroxylation is 1. The van der Waals surface area contributed by atoms with Gasteiger partial charge in [0.05, 0.1) is 6.42 Å². The fourth-order valence-corrected chi connectivity index (χ4v) is 3.78. The first-order chi connectivity index (χ1) is 12.7. The summed E-state index contributed by atoms with van der Waals surface area (Å²) in [5, 5.41) is 4.10. The molecule has 0 aliphatic carbocycles. The molecule has 1 fully saturated rings. The number of amides is 1. The Hall–Kier alpha value is -1.84. The molecule has 0 unspecified atom stereocenters. The Morgan fingerprint density at radius 3 is 2.38 bits per heavy atom. The average Bonchev–Trinajstić information content (AvgIpc) is 2.68. The van der Waals surface area contributed by atoms with Crippen molar-refractivity contribution in [3.05, 3.63) is 70.2 Å². The van der Waals surface area contributed by atoms with Crippen LogP contribution in [0.4, 0.5) is 0 Å². The molecular formula is C22H27ClN2O. The SMILES string of the molecule is CCc1ccccc1CN(C(=O)Cc1ccc(Cl)cc1)C1CCNCC1. The zero-order valence-electron chi connectivity index (χ0n) is 15.4. The Kier molecular flexibility index (Phi) is 6.70. The van der Waals surface area contributed by atoms with E-state index in [0.29, 0.717) is 24.0 Å². The second-order valence-corrected chi connectivity index (χ2v) is 7.36. The van der Waals surface area contributed by atoms with E-state index in [0.717, 1.165) is 37.9 Å². The summed E-state index contributed by atoms with van der Waals surface area (Å²) in [7, 11) is 0. The molecule has 0 aromatic heterocycles. The minimum absolute atomic E-state index is 0.199. The molecule has 2 aromatic carbocycles. The fourth-order valence-electron chi connectivity index (χ4n) is 3.66. The third-order valence-corrected chi connectivity index (χ3v) is 5.43. The molecule has 0 bridgehead atoms. The minimum Gasteiger partial charge on any atom is -0.335 e. The van der Waals surface area contributed by atoms with Crippen LogP contribution in [0.25, 0.3) is 0 Å².